The van der Waals surface area contributed by atoms with Crippen molar-refractivity contribution in [3.05, 3.63) is 23.8 Å². The number of carboxylic acids is 2. The number of carbonyl (C=O) groups excluding carboxylic acids is 2. The zero-order valence-electron chi connectivity index (χ0n) is 17.0. The minimum atomic E-state index is -2.10. The number of fused-ring (bicyclic) bond motifs is 2. The molecule has 3 heterocycles. The molecule has 3 N–H and O–H groups in total. The number of rotatable bonds is 7. The van der Waals surface area contributed by atoms with Gasteiger partial charge in [0.05, 0.1) is 18.3 Å². The number of carboxylic acid groups (broad SMARTS) is 2. The first-order chi connectivity index (χ1) is 14.8. The van der Waals surface area contributed by atoms with Crippen LogP contribution in [0.15, 0.2) is 18.2 Å². The Labute approximate surface area is 178 Å². The lowest BCUT2D eigenvalue weighted by Gasteiger charge is -2.30. The first kappa shape index (κ1) is 21.1. The van der Waals surface area contributed by atoms with Crippen LogP contribution in [0.1, 0.15) is 37.8 Å². The van der Waals surface area contributed by atoms with Crippen LogP contribution in [0.2, 0.25) is 0 Å². The molecule has 3 aliphatic rings. The van der Waals surface area contributed by atoms with Crippen molar-refractivity contribution in [1.82, 2.24) is 10.2 Å². The van der Waals surface area contributed by atoms with Crippen LogP contribution in [0.25, 0.3) is 0 Å². The first-order valence-corrected chi connectivity index (χ1v) is 10.3. The van der Waals surface area contributed by atoms with Crippen molar-refractivity contribution in [3.63, 3.8) is 0 Å². The number of unbranched alkanes of at least 4 members (excludes halogenated alkanes) is 1. The molecule has 0 aliphatic carbocycles. The number of amides is 2. The van der Waals surface area contributed by atoms with E-state index in [0.717, 1.165) is 11.3 Å². The number of aliphatic carboxylic acids is 2. The van der Waals surface area contributed by atoms with Gasteiger partial charge in [0.25, 0.3) is 0 Å². The summed E-state index contributed by atoms with van der Waals surface area (Å²) in [6.07, 6.45) is 0.499. The highest BCUT2D eigenvalue weighted by molar-refractivity contribution is 6.10. The highest BCUT2D eigenvalue weighted by atomic mass is 16.6. The number of benzene rings is 1. The Morgan fingerprint density at radius 3 is 2.52 bits per heavy atom. The second kappa shape index (κ2) is 7.84. The van der Waals surface area contributed by atoms with E-state index < -0.39 is 53.6 Å². The summed E-state index contributed by atoms with van der Waals surface area (Å²) in [6.45, 7) is 2.84. The van der Waals surface area contributed by atoms with Crippen molar-refractivity contribution < 1.29 is 38.9 Å². The normalized spacial score (nSPS) is 29.2. The topological polar surface area (TPSA) is 142 Å². The molecule has 2 saturated heterocycles. The van der Waals surface area contributed by atoms with Gasteiger partial charge in [-0.1, -0.05) is 19.4 Å². The lowest BCUT2D eigenvalue weighted by atomic mass is 9.77. The number of hydrogen-bond donors (Lipinski definition) is 3. The third-order valence-corrected chi connectivity index (χ3v) is 6.22. The van der Waals surface area contributed by atoms with E-state index in [2.05, 4.69) is 5.32 Å². The van der Waals surface area contributed by atoms with Crippen molar-refractivity contribution in [2.24, 2.45) is 11.8 Å². The van der Waals surface area contributed by atoms with Crippen LogP contribution in [-0.2, 0) is 19.2 Å². The molecule has 31 heavy (non-hydrogen) atoms. The predicted octanol–water partition coefficient (Wildman–Crippen LogP) is 0.802. The fourth-order valence-corrected chi connectivity index (χ4v) is 4.81. The minimum Gasteiger partial charge on any atom is -0.486 e. The van der Waals surface area contributed by atoms with Gasteiger partial charge in [0, 0.05) is 12.6 Å². The third kappa shape index (κ3) is 3.31. The van der Waals surface area contributed by atoms with Crippen LogP contribution in [0, 0.1) is 11.8 Å². The van der Waals surface area contributed by atoms with E-state index in [4.69, 9.17) is 9.47 Å². The highest BCUT2D eigenvalue weighted by Crippen LogP contribution is 2.51. The van der Waals surface area contributed by atoms with Crippen molar-refractivity contribution in [1.29, 1.82) is 0 Å². The summed E-state index contributed by atoms with van der Waals surface area (Å²) in [4.78, 5) is 51.4. The van der Waals surface area contributed by atoms with Gasteiger partial charge in [-0.25, -0.2) is 0 Å². The van der Waals surface area contributed by atoms with E-state index in [1.807, 2.05) is 6.92 Å². The van der Waals surface area contributed by atoms with E-state index in [9.17, 15) is 29.4 Å². The quantitative estimate of drug-likeness (QED) is 0.533. The van der Waals surface area contributed by atoms with Gasteiger partial charge in [0.1, 0.15) is 18.8 Å². The fraction of sp³-hybridized carbons (Fsp3) is 0.524. The molecule has 0 aromatic heterocycles. The van der Waals surface area contributed by atoms with E-state index in [1.54, 1.807) is 18.2 Å². The zero-order chi connectivity index (χ0) is 22.3. The van der Waals surface area contributed by atoms with Crippen LogP contribution < -0.4 is 14.8 Å². The van der Waals surface area contributed by atoms with Gasteiger partial charge in [-0.3, -0.25) is 29.4 Å². The van der Waals surface area contributed by atoms with Gasteiger partial charge in [-0.2, -0.15) is 0 Å². The van der Waals surface area contributed by atoms with Crippen LogP contribution in [0.4, 0.5) is 0 Å². The minimum absolute atomic E-state index is 0.178. The Morgan fingerprint density at radius 1 is 1.16 bits per heavy atom. The standard InChI is InChI=1S/C21H24N2O8/c1-2-3-6-23-18(26)15-16(19(23)27)21(20(28)29,10-14(24)25)22-17(15)11-4-5-12-13(9-11)31-8-7-30-12/h4-5,9,15-17,22H,2-3,6-8,10H2,1H3,(H,24,25)(H,28,29). The number of nitrogens with one attached hydrogen (secondary N) is 1. The maximum absolute atomic E-state index is 13.2. The van der Waals surface area contributed by atoms with Crippen LogP contribution in [0.5, 0.6) is 11.5 Å². The largest absolute Gasteiger partial charge is 0.486 e. The van der Waals surface area contributed by atoms with Gasteiger partial charge in [-0.15, -0.1) is 0 Å². The summed E-state index contributed by atoms with van der Waals surface area (Å²) < 4.78 is 11.1. The number of ether oxygens (including phenoxy) is 2. The summed E-state index contributed by atoms with van der Waals surface area (Å²) in [6, 6.07) is 4.12. The molecule has 10 nitrogen and oxygen atoms in total. The first-order valence-electron chi connectivity index (χ1n) is 10.3. The summed E-state index contributed by atoms with van der Waals surface area (Å²) >= 11 is 0. The van der Waals surface area contributed by atoms with E-state index in [-0.39, 0.29) is 6.54 Å². The van der Waals surface area contributed by atoms with Gasteiger partial charge in [0.2, 0.25) is 11.8 Å². The molecule has 2 fully saturated rings. The average molecular weight is 432 g/mol. The van der Waals surface area contributed by atoms with Gasteiger partial charge < -0.3 is 19.7 Å². The SMILES string of the molecule is CCCCN1C(=O)C2C(c3ccc4c(c3)OCCO4)NC(CC(=O)O)(C(=O)O)C2C1=O. The predicted molar refractivity (Wildman–Crippen MR) is 105 cm³/mol. The zero-order valence-corrected chi connectivity index (χ0v) is 17.0. The number of nitrogens with zero attached hydrogens (tertiary/aromatic N) is 1. The van der Waals surface area contributed by atoms with Crippen molar-refractivity contribution in [2.45, 2.75) is 37.8 Å². The number of likely N-dealkylation sites (tertiary alicyclic amines) is 1. The monoisotopic (exact) mass is 432 g/mol. The molecule has 4 atom stereocenters. The molecule has 0 saturated carbocycles. The molecule has 0 spiro atoms. The lowest BCUT2D eigenvalue weighted by molar-refractivity contribution is -0.156. The molecule has 166 valence electrons. The molecule has 1 aromatic carbocycles. The van der Waals surface area contributed by atoms with Gasteiger partial charge in [0.15, 0.2) is 11.5 Å². The van der Waals surface area contributed by atoms with Crippen LogP contribution >= 0.6 is 0 Å². The number of imide groups is 1. The molecule has 4 unspecified atom stereocenters. The number of carbonyl (C=O) groups is 4. The Morgan fingerprint density at radius 2 is 1.87 bits per heavy atom. The Kier molecular flexibility index (Phi) is 5.34. The lowest BCUT2D eigenvalue weighted by Crippen LogP contribution is -2.57. The maximum Gasteiger partial charge on any atom is 0.325 e. The Bertz CT molecular complexity index is 947. The average Bonchev–Trinajstić information content (AvgIpc) is 3.20. The maximum atomic E-state index is 13.2. The molecule has 2 amide bonds. The Hall–Kier alpha value is -3.14. The molecule has 4 rings (SSSR count). The molecule has 10 heteroatoms. The number of hydrogen-bond acceptors (Lipinski definition) is 7. The van der Waals surface area contributed by atoms with Crippen molar-refractivity contribution in [3.8, 4) is 11.5 Å². The van der Waals surface area contributed by atoms with Crippen LogP contribution in [-0.4, -0.2) is 64.2 Å². The molecule has 1 aromatic rings. The van der Waals surface area contributed by atoms with E-state index >= 15 is 0 Å². The molecule has 0 radical (unpaired) electrons. The van der Waals surface area contributed by atoms with E-state index in [0.29, 0.717) is 36.7 Å². The van der Waals surface area contributed by atoms with Gasteiger partial charge >= 0.3 is 11.9 Å². The molecule has 0 bridgehead atoms. The van der Waals surface area contributed by atoms with Crippen molar-refractivity contribution in [2.75, 3.05) is 19.8 Å². The van der Waals surface area contributed by atoms with E-state index in [1.165, 1.54) is 0 Å². The second-order valence-corrected chi connectivity index (χ2v) is 8.06. The summed E-state index contributed by atoms with van der Waals surface area (Å²) in [5, 5.41) is 22.3. The summed E-state index contributed by atoms with van der Waals surface area (Å²) in [5.41, 5.74) is -1.56. The second-order valence-electron chi connectivity index (χ2n) is 8.06. The van der Waals surface area contributed by atoms with Crippen molar-refractivity contribution >= 4 is 23.8 Å². The highest BCUT2D eigenvalue weighted by Gasteiger charge is 2.69. The summed E-state index contributed by atoms with van der Waals surface area (Å²) in [7, 11) is 0. The molecular weight excluding hydrogens is 408 g/mol. The smallest absolute Gasteiger partial charge is 0.325 e. The van der Waals surface area contributed by atoms with Crippen LogP contribution in [0.3, 0.4) is 0 Å². The molecule has 3 aliphatic heterocycles. The van der Waals surface area contributed by atoms with Gasteiger partial charge in [-0.05, 0) is 24.1 Å². The summed E-state index contributed by atoms with van der Waals surface area (Å²) in [5.74, 6) is -5.33. The third-order valence-electron chi connectivity index (χ3n) is 6.22. The Balaban J connectivity index is 1.79. The molecular formula is C21H24N2O8. The fourth-order valence-electron chi connectivity index (χ4n) is 4.81.